The largest absolute Gasteiger partial charge is 0.490 e. The monoisotopic (exact) mass is 598 g/mol. The van der Waals surface area contributed by atoms with Crippen LogP contribution in [-0.4, -0.2) is 47.3 Å². The summed E-state index contributed by atoms with van der Waals surface area (Å²) in [7, 11) is -3.93. The number of hydrogen-bond acceptors (Lipinski definition) is 6. The van der Waals surface area contributed by atoms with E-state index < -0.39 is 22.2 Å². The Hall–Kier alpha value is -2.10. The maximum Gasteiger partial charge on any atom is 0.490 e. The number of imidazole rings is 1. The van der Waals surface area contributed by atoms with Crippen molar-refractivity contribution in [2.45, 2.75) is 34.7 Å². The minimum atomic E-state index is -5.08. The fourth-order valence-corrected chi connectivity index (χ4v) is 5.96. The van der Waals surface area contributed by atoms with Gasteiger partial charge in [0.1, 0.15) is 5.52 Å². The lowest BCUT2D eigenvalue weighted by Crippen LogP contribution is -2.21. The van der Waals surface area contributed by atoms with Crippen LogP contribution in [-0.2, 0) is 21.4 Å². The second kappa shape index (κ2) is 10.3. The van der Waals surface area contributed by atoms with Crippen LogP contribution in [0.5, 0.6) is 0 Å². The van der Waals surface area contributed by atoms with Crippen molar-refractivity contribution in [1.82, 2.24) is 9.55 Å². The first-order chi connectivity index (χ1) is 15.8. The predicted octanol–water partition coefficient (Wildman–Crippen LogP) is 4.72. The molecule has 1 fully saturated rings. The van der Waals surface area contributed by atoms with Gasteiger partial charge in [-0.1, -0.05) is 0 Å². The van der Waals surface area contributed by atoms with Gasteiger partial charge in [-0.15, -0.1) is 27.5 Å². The van der Waals surface area contributed by atoms with Crippen molar-refractivity contribution in [3.05, 3.63) is 39.9 Å². The maximum atomic E-state index is 12.8. The van der Waals surface area contributed by atoms with Crippen LogP contribution in [0, 0.1) is 5.92 Å². The summed E-state index contributed by atoms with van der Waals surface area (Å²) in [6, 6.07) is 6.85. The number of hydrogen-bond donors (Lipinski definition) is 2. The molecule has 1 aromatic carbocycles. The normalized spacial score (nSPS) is 14.7. The van der Waals surface area contributed by atoms with Crippen molar-refractivity contribution in [2.24, 2.45) is 16.0 Å². The molecule has 0 saturated heterocycles. The van der Waals surface area contributed by atoms with Gasteiger partial charge in [-0.05, 0) is 65.2 Å². The van der Waals surface area contributed by atoms with Gasteiger partial charge in [0.15, 0.2) is 5.84 Å². The van der Waals surface area contributed by atoms with Crippen LogP contribution < -0.4 is 5.73 Å². The lowest BCUT2D eigenvalue weighted by atomic mass is 10.3. The summed E-state index contributed by atoms with van der Waals surface area (Å²) in [5.41, 5.74) is 7.49. The number of nitrogens with two attached hydrogens (primary N) is 1. The minimum absolute atomic E-state index is 0.00278. The van der Waals surface area contributed by atoms with E-state index in [1.807, 2.05) is 16.9 Å². The Balaban J connectivity index is 0.000000406. The van der Waals surface area contributed by atoms with Gasteiger partial charge in [0.2, 0.25) is 0 Å². The third-order valence-electron chi connectivity index (χ3n) is 4.60. The van der Waals surface area contributed by atoms with Crippen LogP contribution in [0.15, 0.2) is 48.6 Å². The third-order valence-corrected chi connectivity index (χ3v) is 8.66. The summed E-state index contributed by atoms with van der Waals surface area (Å²) in [4.78, 5) is 14.0. The van der Waals surface area contributed by atoms with Gasteiger partial charge in [-0.2, -0.15) is 21.6 Å². The molecular weight excluding hydrogens is 581 g/mol. The number of thioether (sulfide) groups is 1. The zero-order valence-corrected chi connectivity index (χ0v) is 21.4. The number of aliphatic carboxylic acids is 1. The van der Waals surface area contributed by atoms with Crippen molar-refractivity contribution in [2.75, 3.05) is 6.26 Å². The zero-order valence-electron chi connectivity index (χ0n) is 17.4. The summed E-state index contributed by atoms with van der Waals surface area (Å²) < 4.78 is 64.9. The summed E-state index contributed by atoms with van der Waals surface area (Å²) in [5.74, 6) is -2.10. The fraction of sp³-hybridized carbons (Fsp3) is 0.316. The molecule has 0 bridgehead atoms. The van der Waals surface area contributed by atoms with Gasteiger partial charge < -0.3 is 15.4 Å². The quantitative estimate of drug-likeness (QED) is 0.239. The van der Waals surface area contributed by atoms with E-state index in [0.29, 0.717) is 15.3 Å². The lowest BCUT2D eigenvalue weighted by molar-refractivity contribution is -0.192. The molecule has 3 aromatic rings. The van der Waals surface area contributed by atoms with Crippen LogP contribution in [0.1, 0.15) is 17.7 Å². The SMILES string of the molecule is CSc1ccc(C(N)=NS(=O)(=O)c2cc(Br)c3ncn(CC4CC4)c3c2)s1.O=C(O)C(F)(F)F. The summed E-state index contributed by atoms with van der Waals surface area (Å²) in [6.45, 7) is 0.852. The number of carboxylic acid groups (broad SMARTS) is 1. The van der Waals surface area contributed by atoms with Gasteiger partial charge in [-0.25, -0.2) is 9.78 Å². The zero-order chi connectivity index (χ0) is 25.3. The van der Waals surface area contributed by atoms with E-state index in [9.17, 15) is 21.6 Å². The van der Waals surface area contributed by atoms with Gasteiger partial charge in [-0.3, -0.25) is 0 Å². The van der Waals surface area contributed by atoms with Crippen molar-refractivity contribution >= 4 is 71.9 Å². The second-order valence-electron chi connectivity index (χ2n) is 7.19. The molecule has 184 valence electrons. The molecule has 0 radical (unpaired) electrons. The highest BCUT2D eigenvalue weighted by molar-refractivity contribution is 9.10. The average molecular weight is 599 g/mol. The van der Waals surface area contributed by atoms with Crippen LogP contribution in [0.3, 0.4) is 0 Å². The van der Waals surface area contributed by atoms with Crippen molar-refractivity contribution in [3.8, 4) is 0 Å². The Kier molecular flexibility index (Phi) is 7.99. The molecule has 3 N–H and O–H groups in total. The number of fused-ring (bicyclic) bond motifs is 1. The minimum Gasteiger partial charge on any atom is -0.475 e. The van der Waals surface area contributed by atoms with E-state index in [0.717, 1.165) is 21.8 Å². The molecule has 0 unspecified atom stereocenters. The highest BCUT2D eigenvalue weighted by Gasteiger charge is 2.38. The number of amidine groups is 1. The molecule has 1 aliphatic carbocycles. The molecule has 0 atom stereocenters. The average Bonchev–Trinajstić information content (AvgIpc) is 3.26. The fourth-order valence-electron chi connectivity index (χ4n) is 2.76. The number of aromatic nitrogens is 2. The Labute approximate surface area is 209 Å². The van der Waals surface area contributed by atoms with Crippen molar-refractivity contribution in [1.29, 1.82) is 0 Å². The number of benzene rings is 1. The Morgan fingerprint density at radius 1 is 1.38 bits per heavy atom. The number of nitrogens with zero attached hydrogens (tertiary/aromatic N) is 3. The van der Waals surface area contributed by atoms with Gasteiger partial charge >= 0.3 is 12.1 Å². The van der Waals surface area contributed by atoms with Gasteiger partial charge in [0, 0.05) is 11.0 Å². The van der Waals surface area contributed by atoms with Gasteiger partial charge in [0.05, 0.1) is 25.8 Å². The summed E-state index contributed by atoms with van der Waals surface area (Å²) in [6.07, 6.45) is 1.05. The van der Waals surface area contributed by atoms with Crippen LogP contribution in [0.4, 0.5) is 13.2 Å². The molecule has 2 aromatic heterocycles. The summed E-state index contributed by atoms with van der Waals surface area (Å²) >= 11 is 6.44. The molecule has 0 spiro atoms. The Bertz CT molecular complexity index is 1350. The summed E-state index contributed by atoms with van der Waals surface area (Å²) in [5, 5.41) is 7.12. The number of alkyl halides is 3. The van der Waals surface area contributed by atoms with E-state index >= 15 is 0 Å². The van der Waals surface area contributed by atoms with E-state index in [1.165, 1.54) is 30.2 Å². The second-order valence-corrected chi connectivity index (χ2v) is 11.8. The molecule has 2 heterocycles. The van der Waals surface area contributed by atoms with E-state index in [4.69, 9.17) is 15.6 Å². The molecule has 15 heteroatoms. The third kappa shape index (κ3) is 6.52. The number of halogens is 4. The molecule has 1 aliphatic rings. The lowest BCUT2D eigenvalue weighted by Gasteiger charge is -2.06. The predicted molar refractivity (Wildman–Crippen MR) is 128 cm³/mol. The molecule has 0 amide bonds. The van der Waals surface area contributed by atoms with Crippen molar-refractivity contribution < 1.29 is 31.5 Å². The standard InChI is InChI=1S/C17H17BrN4O2S3.C2HF3O2/c1-25-15-5-4-14(26-15)17(19)21-27(23,24)11-6-12(18)16-13(7-11)22(9-20-16)8-10-2-3-10;3-2(4,5)1(6)7/h4-7,9-10H,2-3,8H2,1H3,(H2,19,21);(H,6,7). The first-order valence-corrected chi connectivity index (χ1v) is 13.8. The first-order valence-electron chi connectivity index (χ1n) is 9.51. The molecular formula is C19H18BrF3N4O4S3. The Morgan fingerprint density at radius 2 is 2.03 bits per heavy atom. The Morgan fingerprint density at radius 3 is 2.56 bits per heavy atom. The molecule has 1 saturated carbocycles. The number of carboxylic acids is 1. The van der Waals surface area contributed by atoms with E-state index in [1.54, 1.807) is 30.2 Å². The van der Waals surface area contributed by atoms with Gasteiger partial charge in [0.25, 0.3) is 10.0 Å². The number of thiophene rings is 1. The molecule has 0 aliphatic heterocycles. The van der Waals surface area contributed by atoms with Crippen molar-refractivity contribution in [3.63, 3.8) is 0 Å². The topological polar surface area (TPSA) is 128 Å². The smallest absolute Gasteiger partial charge is 0.475 e. The highest BCUT2D eigenvalue weighted by atomic mass is 79.9. The number of sulfonamides is 1. The number of rotatable bonds is 6. The highest BCUT2D eigenvalue weighted by Crippen LogP contribution is 2.34. The molecule has 34 heavy (non-hydrogen) atoms. The van der Waals surface area contributed by atoms with Crippen LogP contribution in [0.2, 0.25) is 0 Å². The maximum absolute atomic E-state index is 12.8. The van der Waals surface area contributed by atoms with Crippen LogP contribution >= 0.6 is 39.0 Å². The van der Waals surface area contributed by atoms with Crippen LogP contribution in [0.25, 0.3) is 11.0 Å². The molecule has 4 rings (SSSR count). The number of carbonyl (C=O) groups is 1. The molecule has 8 nitrogen and oxygen atoms in total. The van der Waals surface area contributed by atoms with E-state index in [2.05, 4.69) is 25.3 Å². The van der Waals surface area contributed by atoms with E-state index in [-0.39, 0.29) is 10.7 Å². The first kappa shape index (κ1) is 26.5.